The van der Waals surface area contributed by atoms with Crippen LogP contribution in [0.15, 0.2) is 12.1 Å². The minimum absolute atomic E-state index is 0.380. The van der Waals surface area contributed by atoms with Gasteiger partial charge in [-0.15, -0.1) is 0 Å². The summed E-state index contributed by atoms with van der Waals surface area (Å²) >= 11 is 5.30. The Bertz CT molecular complexity index is 306. The van der Waals surface area contributed by atoms with E-state index in [9.17, 15) is 8.78 Å². The molecular formula is C6H4BClF2O2. The van der Waals surface area contributed by atoms with E-state index in [1.54, 1.807) is 0 Å². The molecule has 1 aromatic rings. The Labute approximate surface area is 72.5 Å². The highest BCUT2D eigenvalue weighted by Crippen LogP contribution is 2.13. The van der Waals surface area contributed by atoms with E-state index < -0.39 is 23.8 Å². The maximum atomic E-state index is 12.6. The standard InChI is InChI=1S/C6H4BClF2O2/c8-6-4(7(11)12)1-3(9)2-5(6)10/h1-2,11-12H. The molecule has 0 radical (unpaired) electrons. The van der Waals surface area contributed by atoms with Crippen molar-refractivity contribution in [1.29, 1.82) is 0 Å². The second-order valence-corrected chi connectivity index (χ2v) is 2.54. The molecule has 6 heteroatoms. The summed E-state index contributed by atoms with van der Waals surface area (Å²) in [6.45, 7) is 0. The molecule has 0 amide bonds. The summed E-state index contributed by atoms with van der Waals surface area (Å²) in [6.07, 6.45) is 0. The third-order valence-corrected chi connectivity index (χ3v) is 1.70. The highest BCUT2D eigenvalue weighted by Gasteiger charge is 2.19. The molecule has 1 rings (SSSR count). The molecule has 0 atom stereocenters. The van der Waals surface area contributed by atoms with Crippen molar-refractivity contribution in [3.8, 4) is 0 Å². The van der Waals surface area contributed by atoms with Crippen LogP contribution in [0.1, 0.15) is 0 Å². The predicted molar refractivity (Wildman–Crippen MR) is 41.2 cm³/mol. The van der Waals surface area contributed by atoms with Crippen molar-refractivity contribution in [3.05, 3.63) is 28.8 Å². The molecule has 0 saturated carbocycles. The van der Waals surface area contributed by atoms with Gasteiger partial charge in [0.05, 0.1) is 5.02 Å². The van der Waals surface area contributed by atoms with Crippen molar-refractivity contribution >= 4 is 24.2 Å². The normalized spacial score (nSPS) is 10.1. The maximum absolute atomic E-state index is 12.6. The van der Waals surface area contributed by atoms with E-state index in [2.05, 4.69) is 0 Å². The Morgan fingerprint density at radius 3 is 2.33 bits per heavy atom. The van der Waals surface area contributed by atoms with Crippen molar-refractivity contribution in [3.63, 3.8) is 0 Å². The molecule has 0 fully saturated rings. The van der Waals surface area contributed by atoms with E-state index in [0.717, 1.165) is 6.07 Å². The average molecular weight is 192 g/mol. The van der Waals surface area contributed by atoms with Gasteiger partial charge in [-0.25, -0.2) is 8.78 Å². The Morgan fingerprint density at radius 2 is 1.83 bits per heavy atom. The quantitative estimate of drug-likeness (QED) is 0.496. The molecule has 0 aromatic heterocycles. The zero-order chi connectivity index (χ0) is 9.30. The molecule has 12 heavy (non-hydrogen) atoms. The lowest BCUT2D eigenvalue weighted by Gasteiger charge is -2.03. The molecule has 2 N–H and O–H groups in total. The zero-order valence-corrected chi connectivity index (χ0v) is 6.52. The Balaban J connectivity index is 3.28. The van der Waals surface area contributed by atoms with Crippen molar-refractivity contribution < 1.29 is 18.8 Å². The first-order chi connectivity index (χ1) is 5.52. The van der Waals surface area contributed by atoms with Crippen LogP contribution in [0, 0.1) is 11.6 Å². The third kappa shape index (κ3) is 1.74. The first-order valence-electron chi connectivity index (χ1n) is 3.03. The molecule has 0 aliphatic carbocycles. The lowest BCUT2D eigenvalue weighted by molar-refractivity contribution is 0.425. The second-order valence-electron chi connectivity index (χ2n) is 2.16. The molecule has 0 bridgehead atoms. The van der Waals surface area contributed by atoms with Crippen molar-refractivity contribution in [2.45, 2.75) is 0 Å². The topological polar surface area (TPSA) is 40.5 Å². The largest absolute Gasteiger partial charge is 0.490 e. The molecule has 0 heterocycles. The smallest absolute Gasteiger partial charge is 0.423 e. The molecule has 0 aliphatic rings. The van der Waals surface area contributed by atoms with Crippen LogP contribution in [0.5, 0.6) is 0 Å². The summed E-state index contributed by atoms with van der Waals surface area (Å²) in [6, 6.07) is 1.32. The summed E-state index contributed by atoms with van der Waals surface area (Å²) in [5.74, 6) is -1.92. The van der Waals surface area contributed by atoms with Gasteiger partial charge in [0.2, 0.25) is 0 Å². The van der Waals surface area contributed by atoms with E-state index in [1.807, 2.05) is 0 Å². The molecule has 2 nitrogen and oxygen atoms in total. The Morgan fingerprint density at radius 1 is 1.25 bits per heavy atom. The molecular weight excluding hydrogens is 188 g/mol. The Kier molecular flexibility index (Phi) is 2.67. The highest BCUT2D eigenvalue weighted by atomic mass is 35.5. The molecule has 0 aliphatic heterocycles. The number of rotatable bonds is 1. The minimum atomic E-state index is -1.97. The van der Waals surface area contributed by atoms with Gasteiger partial charge >= 0.3 is 7.12 Å². The Hall–Kier alpha value is -0.645. The van der Waals surface area contributed by atoms with Gasteiger partial charge in [0.1, 0.15) is 11.6 Å². The first-order valence-corrected chi connectivity index (χ1v) is 3.40. The maximum Gasteiger partial charge on any atom is 0.490 e. The molecule has 0 spiro atoms. The van der Waals surface area contributed by atoms with Gasteiger partial charge < -0.3 is 10.0 Å². The van der Waals surface area contributed by atoms with Crippen LogP contribution in [-0.2, 0) is 0 Å². The number of halogens is 3. The third-order valence-electron chi connectivity index (χ3n) is 1.30. The van der Waals surface area contributed by atoms with Gasteiger partial charge in [-0.3, -0.25) is 0 Å². The van der Waals surface area contributed by atoms with Crippen LogP contribution >= 0.6 is 11.6 Å². The van der Waals surface area contributed by atoms with Crippen LogP contribution in [0.2, 0.25) is 5.02 Å². The summed E-state index contributed by atoms with van der Waals surface area (Å²) in [5, 5.41) is 16.7. The van der Waals surface area contributed by atoms with Crippen molar-refractivity contribution in [1.82, 2.24) is 0 Å². The van der Waals surface area contributed by atoms with Crippen LogP contribution in [0.3, 0.4) is 0 Å². The van der Waals surface area contributed by atoms with Crippen LogP contribution in [0.4, 0.5) is 8.78 Å². The van der Waals surface area contributed by atoms with Crippen LogP contribution in [0.25, 0.3) is 0 Å². The summed E-state index contributed by atoms with van der Waals surface area (Å²) < 4.78 is 25.1. The number of benzene rings is 1. The van der Waals surface area contributed by atoms with E-state index in [0.29, 0.717) is 6.07 Å². The fourth-order valence-electron chi connectivity index (χ4n) is 0.764. The lowest BCUT2D eigenvalue weighted by atomic mass is 9.80. The van der Waals surface area contributed by atoms with Crippen LogP contribution < -0.4 is 5.46 Å². The predicted octanol–water partition coefficient (Wildman–Crippen LogP) is 0.298. The van der Waals surface area contributed by atoms with Gasteiger partial charge in [0.25, 0.3) is 0 Å². The summed E-state index contributed by atoms with van der Waals surface area (Å²) in [7, 11) is -1.97. The molecule has 0 unspecified atom stereocenters. The van der Waals surface area contributed by atoms with E-state index in [4.69, 9.17) is 21.6 Å². The average Bonchev–Trinajstić information content (AvgIpc) is 1.96. The SMILES string of the molecule is OB(O)c1cc(F)cc(F)c1Cl. The number of hydrogen-bond acceptors (Lipinski definition) is 2. The molecule has 64 valence electrons. The second kappa shape index (κ2) is 3.39. The fraction of sp³-hybridized carbons (Fsp3) is 0. The lowest BCUT2D eigenvalue weighted by Crippen LogP contribution is -2.31. The molecule has 0 saturated heterocycles. The fourth-order valence-corrected chi connectivity index (χ4v) is 0.970. The number of hydrogen-bond donors (Lipinski definition) is 2. The van der Waals surface area contributed by atoms with Crippen molar-refractivity contribution in [2.75, 3.05) is 0 Å². The monoisotopic (exact) mass is 192 g/mol. The first kappa shape index (κ1) is 9.44. The van der Waals surface area contributed by atoms with Crippen LogP contribution in [-0.4, -0.2) is 17.2 Å². The van der Waals surface area contributed by atoms with Gasteiger partial charge in [0, 0.05) is 11.5 Å². The zero-order valence-electron chi connectivity index (χ0n) is 5.76. The molecule has 1 aromatic carbocycles. The summed E-state index contributed by atoms with van der Waals surface area (Å²) in [5.41, 5.74) is -0.380. The van der Waals surface area contributed by atoms with E-state index >= 15 is 0 Å². The van der Waals surface area contributed by atoms with E-state index in [-0.39, 0.29) is 5.46 Å². The summed E-state index contributed by atoms with van der Waals surface area (Å²) in [4.78, 5) is 0. The minimum Gasteiger partial charge on any atom is -0.423 e. The highest BCUT2D eigenvalue weighted by molar-refractivity contribution is 6.62. The van der Waals surface area contributed by atoms with Gasteiger partial charge in [-0.05, 0) is 6.07 Å². The van der Waals surface area contributed by atoms with Gasteiger partial charge in [-0.2, -0.15) is 0 Å². The van der Waals surface area contributed by atoms with Crippen molar-refractivity contribution in [2.24, 2.45) is 0 Å². The van der Waals surface area contributed by atoms with Gasteiger partial charge in [-0.1, -0.05) is 11.6 Å². The van der Waals surface area contributed by atoms with E-state index in [1.165, 1.54) is 0 Å². The van der Waals surface area contributed by atoms with Gasteiger partial charge in [0.15, 0.2) is 0 Å².